The Morgan fingerprint density at radius 3 is 2.50 bits per heavy atom. The maximum Gasteiger partial charge on any atom is 0.255 e. The second kappa shape index (κ2) is 9.43. The summed E-state index contributed by atoms with van der Waals surface area (Å²) in [6.45, 7) is 4.71. The predicted molar refractivity (Wildman–Crippen MR) is 115 cm³/mol. The maximum absolute atomic E-state index is 12.6. The van der Waals surface area contributed by atoms with Gasteiger partial charge in [0.05, 0.1) is 0 Å². The van der Waals surface area contributed by atoms with Crippen LogP contribution in [0.3, 0.4) is 0 Å². The van der Waals surface area contributed by atoms with Gasteiger partial charge in [-0.25, -0.2) is 0 Å². The lowest BCUT2D eigenvalue weighted by atomic mass is 9.98. The molecule has 0 fully saturated rings. The van der Waals surface area contributed by atoms with E-state index in [9.17, 15) is 4.79 Å². The molecule has 0 spiro atoms. The standard InChI is InChI=1S/C24H24ClNO2/c1-3-17(2)18-11-13-21(14-12-18)26-24(27)19-8-6-9-22(15-19)28-16-20-7-4-5-10-23(20)25/h4-15,17H,3,16H2,1-2H3,(H,26,27)/t17-/m1/s1. The fraction of sp³-hybridized carbons (Fsp3) is 0.208. The highest BCUT2D eigenvalue weighted by Gasteiger charge is 2.09. The van der Waals surface area contributed by atoms with E-state index in [2.05, 4.69) is 31.3 Å². The molecule has 4 heteroatoms. The summed E-state index contributed by atoms with van der Waals surface area (Å²) in [5.74, 6) is 0.968. The van der Waals surface area contributed by atoms with E-state index in [1.165, 1.54) is 5.56 Å². The fourth-order valence-corrected chi connectivity index (χ4v) is 3.03. The van der Waals surface area contributed by atoms with Crippen LogP contribution in [0.5, 0.6) is 5.75 Å². The van der Waals surface area contributed by atoms with Crippen LogP contribution in [0.25, 0.3) is 0 Å². The van der Waals surface area contributed by atoms with Crippen LogP contribution in [0.1, 0.15) is 47.7 Å². The third-order valence-corrected chi connectivity index (χ3v) is 5.17. The normalized spacial score (nSPS) is 11.7. The van der Waals surface area contributed by atoms with Crippen molar-refractivity contribution in [2.24, 2.45) is 0 Å². The number of benzene rings is 3. The summed E-state index contributed by atoms with van der Waals surface area (Å²) in [7, 11) is 0. The second-order valence-electron chi connectivity index (χ2n) is 6.79. The zero-order valence-corrected chi connectivity index (χ0v) is 16.9. The summed E-state index contributed by atoms with van der Waals surface area (Å²) >= 11 is 6.16. The van der Waals surface area contributed by atoms with Gasteiger partial charge in [0.1, 0.15) is 12.4 Å². The Balaban J connectivity index is 1.64. The van der Waals surface area contributed by atoms with Gasteiger partial charge in [0.25, 0.3) is 5.91 Å². The van der Waals surface area contributed by atoms with Crippen molar-refractivity contribution in [1.29, 1.82) is 0 Å². The number of carbonyl (C=O) groups excluding carboxylic acids is 1. The van der Waals surface area contributed by atoms with E-state index in [0.717, 1.165) is 17.7 Å². The number of anilines is 1. The largest absolute Gasteiger partial charge is 0.489 e. The van der Waals surface area contributed by atoms with Gasteiger partial charge in [0, 0.05) is 21.8 Å². The van der Waals surface area contributed by atoms with E-state index in [0.29, 0.717) is 28.9 Å². The van der Waals surface area contributed by atoms with Crippen molar-refractivity contribution in [3.05, 3.63) is 94.5 Å². The van der Waals surface area contributed by atoms with Crippen LogP contribution >= 0.6 is 11.6 Å². The third-order valence-electron chi connectivity index (χ3n) is 4.80. The Morgan fingerprint density at radius 1 is 1.04 bits per heavy atom. The van der Waals surface area contributed by atoms with Gasteiger partial charge >= 0.3 is 0 Å². The summed E-state index contributed by atoms with van der Waals surface area (Å²) in [4.78, 5) is 12.6. The second-order valence-corrected chi connectivity index (χ2v) is 7.20. The summed E-state index contributed by atoms with van der Waals surface area (Å²) in [5.41, 5.74) is 3.50. The molecule has 28 heavy (non-hydrogen) atoms. The zero-order chi connectivity index (χ0) is 19.9. The molecule has 0 aliphatic carbocycles. The molecule has 3 aromatic carbocycles. The topological polar surface area (TPSA) is 38.3 Å². The van der Waals surface area contributed by atoms with E-state index in [4.69, 9.17) is 16.3 Å². The van der Waals surface area contributed by atoms with Crippen molar-refractivity contribution < 1.29 is 9.53 Å². The third kappa shape index (κ3) is 5.14. The summed E-state index contributed by atoms with van der Waals surface area (Å²) in [6, 6.07) is 22.7. The van der Waals surface area contributed by atoms with Crippen molar-refractivity contribution in [3.8, 4) is 5.75 Å². The predicted octanol–water partition coefficient (Wildman–Crippen LogP) is 6.68. The van der Waals surface area contributed by atoms with Crippen molar-refractivity contribution in [2.75, 3.05) is 5.32 Å². The quantitative estimate of drug-likeness (QED) is 0.485. The average Bonchev–Trinajstić information content (AvgIpc) is 2.73. The number of ether oxygens (including phenoxy) is 1. The van der Waals surface area contributed by atoms with Gasteiger partial charge in [0.15, 0.2) is 0 Å². The molecule has 0 bridgehead atoms. The Morgan fingerprint density at radius 2 is 1.79 bits per heavy atom. The molecule has 0 aliphatic heterocycles. The monoisotopic (exact) mass is 393 g/mol. The minimum absolute atomic E-state index is 0.167. The lowest BCUT2D eigenvalue weighted by Gasteiger charge is -2.11. The van der Waals surface area contributed by atoms with Crippen LogP contribution in [0, 0.1) is 0 Å². The van der Waals surface area contributed by atoms with Crippen LogP contribution in [0.4, 0.5) is 5.69 Å². The highest BCUT2D eigenvalue weighted by Crippen LogP contribution is 2.22. The minimum atomic E-state index is -0.167. The number of hydrogen-bond donors (Lipinski definition) is 1. The first-order chi connectivity index (χ1) is 13.6. The molecular formula is C24H24ClNO2. The van der Waals surface area contributed by atoms with Crippen LogP contribution < -0.4 is 10.1 Å². The molecule has 0 heterocycles. The Bertz CT molecular complexity index is 937. The molecule has 0 saturated heterocycles. The Labute approximate surface area is 171 Å². The molecule has 3 nitrogen and oxygen atoms in total. The first-order valence-electron chi connectivity index (χ1n) is 9.44. The average molecular weight is 394 g/mol. The number of hydrogen-bond acceptors (Lipinski definition) is 2. The van der Waals surface area contributed by atoms with Gasteiger partial charge in [-0.1, -0.05) is 61.8 Å². The molecule has 3 rings (SSSR count). The summed E-state index contributed by atoms with van der Waals surface area (Å²) in [6.07, 6.45) is 1.09. The van der Waals surface area contributed by atoms with Crippen molar-refractivity contribution >= 4 is 23.2 Å². The van der Waals surface area contributed by atoms with Gasteiger partial charge in [-0.3, -0.25) is 4.79 Å². The number of rotatable bonds is 7. The van der Waals surface area contributed by atoms with E-state index in [1.54, 1.807) is 12.1 Å². The van der Waals surface area contributed by atoms with Gasteiger partial charge in [-0.05, 0) is 54.3 Å². The van der Waals surface area contributed by atoms with E-state index in [1.807, 2.05) is 48.5 Å². The Hall–Kier alpha value is -2.78. The molecule has 3 aromatic rings. The lowest BCUT2D eigenvalue weighted by Crippen LogP contribution is -2.12. The molecule has 0 saturated carbocycles. The number of carbonyl (C=O) groups is 1. The lowest BCUT2D eigenvalue weighted by molar-refractivity contribution is 0.102. The highest BCUT2D eigenvalue weighted by molar-refractivity contribution is 6.31. The van der Waals surface area contributed by atoms with Gasteiger partial charge < -0.3 is 10.1 Å². The van der Waals surface area contributed by atoms with Crippen LogP contribution in [0.2, 0.25) is 5.02 Å². The highest BCUT2D eigenvalue weighted by atomic mass is 35.5. The van der Waals surface area contributed by atoms with Crippen LogP contribution in [-0.4, -0.2) is 5.91 Å². The minimum Gasteiger partial charge on any atom is -0.489 e. The van der Waals surface area contributed by atoms with Crippen molar-refractivity contribution in [1.82, 2.24) is 0 Å². The van der Waals surface area contributed by atoms with Crippen LogP contribution in [0.15, 0.2) is 72.8 Å². The van der Waals surface area contributed by atoms with Crippen molar-refractivity contribution in [2.45, 2.75) is 32.8 Å². The van der Waals surface area contributed by atoms with Gasteiger partial charge in [0.2, 0.25) is 0 Å². The van der Waals surface area contributed by atoms with Crippen molar-refractivity contribution in [3.63, 3.8) is 0 Å². The molecule has 1 amide bonds. The summed E-state index contributed by atoms with van der Waals surface area (Å²) in [5, 5.41) is 3.60. The molecular weight excluding hydrogens is 370 g/mol. The fourth-order valence-electron chi connectivity index (χ4n) is 2.84. The Kier molecular flexibility index (Phi) is 6.72. The number of amides is 1. The first kappa shape index (κ1) is 20.0. The maximum atomic E-state index is 12.6. The SMILES string of the molecule is CC[C@@H](C)c1ccc(NC(=O)c2cccc(OCc3ccccc3Cl)c2)cc1. The molecule has 0 aromatic heterocycles. The van der Waals surface area contributed by atoms with Crippen LogP contribution in [-0.2, 0) is 6.61 Å². The van der Waals surface area contributed by atoms with E-state index in [-0.39, 0.29) is 5.91 Å². The number of halogens is 1. The van der Waals surface area contributed by atoms with E-state index < -0.39 is 0 Å². The zero-order valence-electron chi connectivity index (χ0n) is 16.1. The first-order valence-corrected chi connectivity index (χ1v) is 9.82. The molecule has 1 atom stereocenters. The van der Waals surface area contributed by atoms with Gasteiger partial charge in [-0.15, -0.1) is 0 Å². The molecule has 0 aliphatic rings. The smallest absolute Gasteiger partial charge is 0.255 e. The summed E-state index contributed by atoms with van der Waals surface area (Å²) < 4.78 is 5.80. The molecule has 0 radical (unpaired) electrons. The molecule has 0 unspecified atom stereocenters. The molecule has 1 N–H and O–H groups in total. The van der Waals surface area contributed by atoms with E-state index >= 15 is 0 Å². The number of nitrogens with one attached hydrogen (secondary N) is 1. The van der Waals surface area contributed by atoms with Gasteiger partial charge in [-0.2, -0.15) is 0 Å². The molecule has 144 valence electrons.